The zero-order valence-electron chi connectivity index (χ0n) is 48.9. The van der Waals surface area contributed by atoms with Crippen molar-refractivity contribution in [3.63, 3.8) is 0 Å². The van der Waals surface area contributed by atoms with Crippen LogP contribution in [0.15, 0.2) is 66.2 Å². The van der Waals surface area contributed by atoms with E-state index in [1.54, 1.807) is 59.5 Å². The van der Waals surface area contributed by atoms with Gasteiger partial charge in [-0.1, -0.05) is 120 Å². The van der Waals surface area contributed by atoms with Crippen molar-refractivity contribution in [2.45, 2.75) is 18.9 Å². The van der Waals surface area contributed by atoms with E-state index < -0.39 is 29.7 Å². The topological polar surface area (TPSA) is 241 Å². The maximum atomic E-state index is 14.1. The third-order valence-corrected chi connectivity index (χ3v) is 20.8. The first-order valence-corrected chi connectivity index (χ1v) is 33.8. The van der Waals surface area contributed by atoms with Crippen molar-refractivity contribution in [1.29, 1.82) is 0 Å². The van der Waals surface area contributed by atoms with Gasteiger partial charge in [0.25, 0.3) is 41.4 Å². The minimum atomic E-state index is -0.798. The van der Waals surface area contributed by atoms with Crippen LogP contribution in [0.2, 0.25) is 0 Å². The number of hydrogen-bond donors (Lipinski definition) is 4. The van der Waals surface area contributed by atoms with Gasteiger partial charge in [0.1, 0.15) is 34.5 Å². The Balaban J connectivity index is 0.994. The van der Waals surface area contributed by atoms with Crippen molar-refractivity contribution in [2.24, 2.45) is 5.92 Å². The molecule has 8 rings (SSSR count). The zero-order valence-corrected chi connectivity index (χ0v) is 55.5. The number of thiocarbonyl (C=S) groups is 4. The molecule has 4 heterocycles. The first-order valence-electron chi connectivity index (χ1n) is 28.3. The molecule has 0 radical (unpaired) electrons. The lowest BCUT2D eigenvalue weighted by molar-refractivity contribution is -0.131. The van der Waals surface area contributed by atoms with E-state index in [1.165, 1.54) is 90.2 Å². The highest BCUT2D eigenvalue weighted by Gasteiger charge is 2.40. The van der Waals surface area contributed by atoms with Crippen LogP contribution in [-0.2, 0) is 14.3 Å². The summed E-state index contributed by atoms with van der Waals surface area (Å²) >= 11 is 27.3. The fourth-order valence-electron chi connectivity index (χ4n) is 10.6. The van der Waals surface area contributed by atoms with Crippen molar-refractivity contribution in [2.75, 3.05) is 143 Å². The highest BCUT2D eigenvalue weighted by molar-refractivity contribution is 8.24. The Morgan fingerprint density at radius 3 is 1.09 bits per heavy atom. The number of thioether (sulfide) groups is 4. The van der Waals surface area contributed by atoms with Crippen molar-refractivity contribution >= 4 is 160 Å². The Bertz CT molecular complexity index is 3160. The number of para-hydroxylation sites is 3. The van der Waals surface area contributed by atoms with E-state index in [0.717, 1.165) is 0 Å². The van der Waals surface area contributed by atoms with Gasteiger partial charge in [0.05, 0.1) is 66.7 Å². The van der Waals surface area contributed by atoms with Crippen molar-refractivity contribution < 1.29 is 57.3 Å². The van der Waals surface area contributed by atoms with Gasteiger partial charge in [-0.05, 0) is 49.2 Å². The van der Waals surface area contributed by atoms with E-state index in [0.29, 0.717) is 105 Å². The molecule has 2 atom stereocenters. The minimum Gasteiger partial charge on any atom is -0.495 e. The number of benzene rings is 3. The molecule has 2 unspecified atom stereocenters. The Morgan fingerprint density at radius 1 is 0.466 bits per heavy atom. The molecule has 1 aliphatic carbocycles. The molecule has 3 aromatic rings. The molecule has 0 saturated carbocycles. The monoisotopic (exact) mass is 1350 g/mol. The molecule has 0 spiro atoms. The third kappa shape index (κ3) is 16.4. The normalized spacial score (nSPS) is 17.6. The molecule has 4 aliphatic heterocycles. The summed E-state index contributed by atoms with van der Waals surface area (Å²) in [6, 6.07) is 14.3. The second-order valence-electron chi connectivity index (χ2n) is 20.2. The Kier molecular flexibility index (Phi) is 25.4. The lowest BCUT2D eigenvalue weighted by atomic mass is 9.84. The summed E-state index contributed by atoms with van der Waals surface area (Å²) in [4.78, 5) is 121. The predicted molar refractivity (Wildman–Crippen MR) is 359 cm³/mol. The maximum absolute atomic E-state index is 14.1. The van der Waals surface area contributed by atoms with E-state index in [4.69, 9.17) is 67.8 Å². The number of allylic oxidation sites excluding steroid dienone is 1. The van der Waals surface area contributed by atoms with Crippen LogP contribution in [0.25, 0.3) is 0 Å². The fraction of sp³-hybridized carbons (Fsp3) is 0.448. The van der Waals surface area contributed by atoms with E-state index in [-0.39, 0.29) is 126 Å². The molecule has 30 heteroatoms. The third-order valence-electron chi connectivity index (χ3n) is 15.1. The largest absolute Gasteiger partial charge is 0.495 e. The van der Waals surface area contributed by atoms with Gasteiger partial charge in [-0.2, -0.15) is 0 Å². The van der Waals surface area contributed by atoms with E-state index >= 15 is 0 Å². The Morgan fingerprint density at radius 2 is 0.784 bits per heavy atom. The number of nitrogens with zero attached hydrogens (tertiary/aromatic N) is 6. The predicted octanol–water partition coefficient (Wildman–Crippen LogP) is 4.66. The van der Waals surface area contributed by atoms with Crippen LogP contribution in [0, 0.1) is 5.92 Å². The number of methoxy groups -OCH3 is 4. The van der Waals surface area contributed by atoms with Gasteiger partial charge in [-0.25, -0.2) is 0 Å². The second-order valence-corrected chi connectivity index (χ2v) is 27.1. The summed E-state index contributed by atoms with van der Waals surface area (Å²) in [5.74, 6) is -0.858. The summed E-state index contributed by atoms with van der Waals surface area (Å²) in [6.45, 7) is 4.03. The van der Waals surface area contributed by atoms with Crippen LogP contribution < -0.4 is 35.5 Å². The van der Waals surface area contributed by atoms with Gasteiger partial charge >= 0.3 is 0 Å². The van der Waals surface area contributed by atoms with Crippen molar-refractivity contribution in [3.8, 4) is 17.2 Å². The van der Waals surface area contributed by atoms with E-state index in [1.807, 2.05) is 15.9 Å². The molecular weight excluding hydrogens is 1290 g/mol. The van der Waals surface area contributed by atoms with E-state index in [9.17, 15) is 38.4 Å². The smallest absolute Gasteiger partial charge is 0.263 e. The number of ether oxygens (including phenoxy) is 4. The number of carbonyl (C=O) groups excluding carboxylic acids is 8. The van der Waals surface area contributed by atoms with E-state index in [2.05, 4.69) is 21.3 Å². The molecule has 22 nitrogen and oxygen atoms in total. The van der Waals surface area contributed by atoms with Gasteiger partial charge in [0.2, 0.25) is 5.91 Å². The second kappa shape index (κ2) is 32.8. The highest BCUT2D eigenvalue weighted by Crippen LogP contribution is 2.34. The molecule has 4 fully saturated rings. The van der Waals surface area contributed by atoms with Gasteiger partial charge < -0.3 is 40.2 Å². The number of hydrogen-bond acceptors (Lipinski definition) is 22. The van der Waals surface area contributed by atoms with Gasteiger partial charge in [0.15, 0.2) is 0 Å². The molecule has 5 aliphatic rings. The van der Waals surface area contributed by atoms with Gasteiger partial charge in [-0.3, -0.25) is 67.8 Å². The number of amides is 8. The maximum Gasteiger partial charge on any atom is 0.263 e. The fourth-order valence-corrected chi connectivity index (χ4v) is 15.4. The van der Waals surface area contributed by atoms with Crippen LogP contribution in [0.1, 0.15) is 75.0 Å². The number of nitrogens with one attached hydrogen (secondary N) is 4. The van der Waals surface area contributed by atoms with Crippen molar-refractivity contribution in [3.05, 3.63) is 99.6 Å². The number of carbonyl (C=O) groups is 8. The summed E-state index contributed by atoms with van der Waals surface area (Å²) in [7, 11) is 5.65. The molecule has 4 saturated heterocycles. The highest BCUT2D eigenvalue weighted by atomic mass is 32.2. The minimum absolute atomic E-state index is 0.102. The average Bonchev–Trinajstić information content (AvgIpc) is 3.51. The summed E-state index contributed by atoms with van der Waals surface area (Å²) in [5.41, 5.74) is 1.40. The molecular formula is C58H68N10O12S8. The van der Waals surface area contributed by atoms with Gasteiger partial charge in [0, 0.05) is 127 Å². The van der Waals surface area contributed by atoms with Crippen LogP contribution in [0.4, 0.5) is 0 Å². The summed E-state index contributed by atoms with van der Waals surface area (Å²) in [6.07, 6.45) is 1.96. The lowest BCUT2D eigenvalue weighted by Crippen LogP contribution is -2.48. The zero-order chi connectivity index (χ0) is 63.0. The molecule has 3 aromatic carbocycles. The lowest BCUT2D eigenvalue weighted by Gasteiger charge is -2.32. The van der Waals surface area contributed by atoms with Crippen molar-refractivity contribution in [1.82, 2.24) is 50.7 Å². The van der Waals surface area contributed by atoms with Gasteiger partial charge in [-0.15, -0.1) is 0 Å². The molecule has 8 amide bonds. The SMILES string of the molecule is COc1c(C(=O)NCCN(CCNC(=O)c2cccc(C(=O)N3CCSC3=S)c2OC)CCN(CCNC(=O)c2cccc(C(=O)N3CCSC3=S)c2OC)CCNC(=O)C2CCC=C(C(=O)N3CCSC3=S)C2OC)cccc1C(=O)N1CCSC1=S. The number of rotatable bonds is 27. The first kappa shape index (κ1) is 68.1. The molecule has 0 aromatic heterocycles. The molecule has 4 N–H and O–H groups in total. The first-order chi connectivity index (χ1) is 42.5. The summed E-state index contributed by atoms with van der Waals surface area (Å²) < 4.78 is 24.7. The molecule has 0 bridgehead atoms. The van der Waals surface area contributed by atoms with Crippen LogP contribution in [0.5, 0.6) is 17.2 Å². The Labute approximate surface area is 549 Å². The van der Waals surface area contributed by atoms with Crippen LogP contribution in [0.3, 0.4) is 0 Å². The standard InChI is InChI=1S/C58H68N10O12S8/c1-77-43-35(9-5-13-39(43)51(73)65-27-31-85-55(65)81)47(69)59-17-21-63(22-18-60-48(70)36-10-6-14-40(44(36)78-2)52(74)66-28-32-86-56(66)82)25-26-64(23-19-61-49(71)37-11-7-15-41(45(37)79-3)53(75)67-29-33-87-57(67)83)24-20-62-50(72)38-12-8-16-42(46(38)80-4)54(76)68-30-34-88-58(68)84/h5-7,9-11,13-16,38,46H,8,12,17-34H2,1-4H3,(H,59,69)(H,60,70)(H,61,71)(H,62,72). The molecule has 470 valence electrons. The average molecular weight is 1350 g/mol. The quantitative estimate of drug-likeness (QED) is 0.0759. The summed E-state index contributed by atoms with van der Waals surface area (Å²) in [5, 5.41) is 12.0. The Hall–Kier alpha value is -5.80. The van der Waals surface area contributed by atoms with Crippen LogP contribution in [-0.4, -0.2) is 243 Å². The molecule has 88 heavy (non-hydrogen) atoms. The van der Waals surface area contributed by atoms with Crippen LogP contribution >= 0.6 is 95.9 Å².